The van der Waals surface area contributed by atoms with Crippen LogP contribution in [-0.2, 0) is 10.0 Å². The van der Waals surface area contributed by atoms with Crippen molar-refractivity contribution in [2.45, 2.75) is 0 Å². The minimum absolute atomic E-state index is 0.0566. The van der Waals surface area contributed by atoms with Crippen molar-refractivity contribution in [2.24, 2.45) is 0 Å². The van der Waals surface area contributed by atoms with E-state index in [0.717, 1.165) is 6.26 Å². The number of non-ortho nitro benzene ring substituents is 1. The summed E-state index contributed by atoms with van der Waals surface area (Å²) >= 11 is 5.89. The number of fused-ring (bicyclic) bond motifs is 1. The second-order valence-electron chi connectivity index (χ2n) is 4.00. The average molecular weight is 318 g/mol. The largest absolute Gasteiger partial charge is 0.345 e. The van der Waals surface area contributed by atoms with E-state index in [9.17, 15) is 23.3 Å². The third-order valence-corrected chi connectivity index (χ3v) is 3.32. The first kappa shape index (κ1) is 14.3. The Balaban J connectivity index is 2.59. The SMILES string of the molecule is CS(=O)(=O)NC(=O)c1cc2c(Cl)ccc([N+](=O)[O-])c2[nH]1. The highest BCUT2D eigenvalue weighted by Crippen LogP contribution is 2.31. The number of aromatic amines is 1. The number of benzene rings is 1. The lowest BCUT2D eigenvalue weighted by atomic mass is 10.2. The minimum atomic E-state index is -3.73. The molecule has 2 rings (SSSR count). The van der Waals surface area contributed by atoms with E-state index in [0.29, 0.717) is 0 Å². The van der Waals surface area contributed by atoms with Gasteiger partial charge in [0.15, 0.2) is 0 Å². The Morgan fingerprint density at radius 3 is 2.65 bits per heavy atom. The van der Waals surface area contributed by atoms with Gasteiger partial charge in [0.25, 0.3) is 11.6 Å². The Bertz CT molecular complexity index is 827. The number of aromatic nitrogens is 1. The van der Waals surface area contributed by atoms with E-state index in [-0.39, 0.29) is 27.3 Å². The van der Waals surface area contributed by atoms with Gasteiger partial charge in [-0.05, 0) is 12.1 Å². The number of nitrogens with one attached hydrogen (secondary N) is 2. The van der Waals surface area contributed by atoms with Gasteiger partial charge in [-0.1, -0.05) is 11.6 Å². The van der Waals surface area contributed by atoms with Crippen molar-refractivity contribution in [1.29, 1.82) is 0 Å². The first-order valence-electron chi connectivity index (χ1n) is 5.17. The molecule has 0 aliphatic rings. The van der Waals surface area contributed by atoms with E-state index in [1.165, 1.54) is 18.2 Å². The summed E-state index contributed by atoms with van der Waals surface area (Å²) in [5.74, 6) is -0.922. The fourth-order valence-electron chi connectivity index (χ4n) is 1.67. The van der Waals surface area contributed by atoms with Crippen LogP contribution in [0.25, 0.3) is 10.9 Å². The number of hydrogen-bond acceptors (Lipinski definition) is 5. The molecule has 106 valence electrons. The number of nitro benzene ring substituents is 1. The van der Waals surface area contributed by atoms with Gasteiger partial charge in [-0.15, -0.1) is 0 Å². The van der Waals surface area contributed by atoms with Crippen LogP contribution >= 0.6 is 11.6 Å². The van der Waals surface area contributed by atoms with Gasteiger partial charge in [-0.3, -0.25) is 14.9 Å². The molecule has 1 heterocycles. The highest BCUT2D eigenvalue weighted by molar-refractivity contribution is 7.89. The summed E-state index contributed by atoms with van der Waals surface area (Å²) in [5, 5.41) is 11.4. The highest BCUT2D eigenvalue weighted by Gasteiger charge is 2.20. The standard InChI is InChI=1S/C10H8ClN3O5S/c1-20(18,19)13-10(15)7-4-5-6(11)2-3-8(14(16)17)9(5)12-7/h2-4,12H,1H3,(H,13,15). The smallest absolute Gasteiger partial charge is 0.293 e. The van der Waals surface area contributed by atoms with Crippen LogP contribution in [0, 0.1) is 10.1 Å². The monoisotopic (exact) mass is 317 g/mol. The molecule has 0 saturated carbocycles. The third-order valence-electron chi connectivity index (χ3n) is 2.44. The normalized spacial score (nSPS) is 11.5. The molecular weight excluding hydrogens is 310 g/mol. The van der Waals surface area contributed by atoms with E-state index in [1.54, 1.807) is 4.72 Å². The molecule has 0 aliphatic carbocycles. The van der Waals surface area contributed by atoms with Crippen molar-refractivity contribution >= 4 is 44.1 Å². The fourth-order valence-corrected chi connectivity index (χ4v) is 2.33. The number of carbonyl (C=O) groups is 1. The van der Waals surface area contributed by atoms with E-state index in [1.807, 2.05) is 0 Å². The van der Waals surface area contributed by atoms with E-state index >= 15 is 0 Å². The zero-order valence-electron chi connectivity index (χ0n) is 10.0. The van der Waals surface area contributed by atoms with Gasteiger partial charge in [-0.25, -0.2) is 13.1 Å². The third kappa shape index (κ3) is 2.73. The Hall–Kier alpha value is -2.13. The summed E-state index contributed by atoms with van der Waals surface area (Å²) in [6, 6.07) is 3.78. The number of carbonyl (C=O) groups excluding carboxylic acids is 1. The van der Waals surface area contributed by atoms with Gasteiger partial charge in [0.2, 0.25) is 10.0 Å². The van der Waals surface area contributed by atoms with Crippen LogP contribution in [0.1, 0.15) is 10.5 Å². The second-order valence-corrected chi connectivity index (χ2v) is 6.15. The van der Waals surface area contributed by atoms with Crippen LogP contribution in [-0.4, -0.2) is 30.5 Å². The lowest BCUT2D eigenvalue weighted by molar-refractivity contribution is -0.383. The molecular formula is C10H8ClN3O5S. The molecule has 1 amide bonds. The van der Waals surface area contributed by atoms with Crippen LogP contribution < -0.4 is 4.72 Å². The van der Waals surface area contributed by atoms with Gasteiger partial charge >= 0.3 is 0 Å². The van der Waals surface area contributed by atoms with Crippen molar-refractivity contribution in [1.82, 2.24) is 9.71 Å². The molecule has 0 saturated heterocycles. The minimum Gasteiger partial charge on any atom is -0.345 e. The molecule has 1 aromatic carbocycles. The summed E-state index contributed by atoms with van der Waals surface area (Å²) in [7, 11) is -3.73. The number of nitro groups is 1. The van der Waals surface area contributed by atoms with E-state index in [4.69, 9.17) is 11.6 Å². The van der Waals surface area contributed by atoms with E-state index < -0.39 is 20.9 Å². The number of hydrogen-bond donors (Lipinski definition) is 2. The molecule has 0 radical (unpaired) electrons. The number of rotatable bonds is 3. The number of H-pyrrole nitrogens is 1. The van der Waals surface area contributed by atoms with Crippen LogP contribution in [0.2, 0.25) is 5.02 Å². The molecule has 20 heavy (non-hydrogen) atoms. The predicted octanol–water partition coefficient (Wildman–Crippen LogP) is 1.42. The maximum absolute atomic E-state index is 11.7. The summed E-state index contributed by atoms with van der Waals surface area (Å²) in [6.07, 6.45) is 0.822. The van der Waals surface area contributed by atoms with Crippen LogP contribution in [0.5, 0.6) is 0 Å². The van der Waals surface area contributed by atoms with Crippen LogP contribution in [0.4, 0.5) is 5.69 Å². The number of nitrogens with zero attached hydrogens (tertiary/aromatic N) is 1. The molecule has 2 N–H and O–H groups in total. The lowest BCUT2D eigenvalue weighted by Gasteiger charge is -1.98. The van der Waals surface area contributed by atoms with Crippen LogP contribution in [0.15, 0.2) is 18.2 Å². The summed E-state index contributed by atoms with van der Waals surface area (Å²) in [6.45, 7) is 0. The molecule has 0 aliphatic heterocycles. The van der Waals surface area contributed by atoms with Crippen molar-refractivity contribution in [2.75, 3.05) is 6.26 Å². The Morgan fingerprint density at radius 2 is 2.10 bits per heavy atom. The fraction of sp³-hybridized carbons (Fsp3) is 0.100. The molecule has 0 bridgehead atoms. The predicted molar refractivity (Wildman–Crippen MR) is 72.3 cm³/mol. The van der Waals surface area contributed by atoms with Crippen molar-refractivity contribution in [3.63, 3.8) is 0 Å². The number of sulfonamides is 1. The number of halogens is 1. The van der Waals surface area contributed by atoms with Crippen molar-refractivity contribution < 1.29 is 18.1 Å². The maximum Gasteiger partial charge on any atom is 0.293 e. The Morgan fingerprint density at radius 1 is 1.45 bits per heavy atom. The van der Waals surface area contributed by atoms with E-state index in [2.05, 4.69) is 4.98 Å². The summed E-state index contributed by atoms with van der Waals surface area (Å²) in [4.78, 5) is 24.4. The molecule has 10 heteroatoms. The van der Waals surface area contributed by atoms with Crippen molar-refractivity contribution in [3.05, 3.63) is 39.0 Å². The first-order chi connectivity index (χ1) is 9.19. The maximum atomic E-state index is 11.7. The van der Waals surface area contributed by atoms with Crippen molar-refractivity contribution in [3.8, 4) is 0 Å². The molecule has 2 aromatic rings. The second kappa shape index (κ2) is 4.76. The quantitative estimate of drug-likeness (QED) is 0.654. The zero-order valence-corrected chi connectivity index (χ0v) is 11.6. The zero-order chi connectivity index (χ0) is 15.1. The topological polar surface area (TPSA) is 122 Å². The Labute approximate surface area is 117 Å². The van der Waals surface area contributed by atoms with Gasteiger partial charge in [0.05, 0.1) is 16.2 Å². The molecule has 1 aromatic heterocycles. The first-order valence-corrected chi connectivity index (χ1v) is 7.43. The lowest BCUT2D eigenvalue weighted by Crippen LogP contribution is -2.29. The van der Waals surface area contributed by atoms with Crippen LogP contribution in [0.3, 0.4) is 0 Å². The van der Waals surface area contributed by atoms with Gasteiger partial charge < -0.3 is 4.98 Å². The highest BCUT2D eigenvalue weighted by atomic mass is 35.5. The van der Waals surface area contributed by atoms with Gasteiger partial charge in [0.1, 0.15) is 11.2 Å². The van der Waals surface area contributed by atoms with Gasteiger partial charge in [-0.2, -0.15) is 0 Å². The summed E-state index contributed by atoms with van der Waals surface area (Å²) < 4.78 is 23.7. The molecule has 0 spiro atoms. The molecule has 8 nitrogen and oxygen atoms in total. The summed E-state index contributed by atoms with van der Waals surface area (Å²) in [5.41, 5.74) is -0.342. The molecule has 0 atom stereocenters. The average Bonchev–Trinajstić information content (AvgIpc) is 2.72. The Kier molecular flexibility index (Phi) is 3.40. The molecule has 0 fully saturated rings. The van der Waals surface area contributed by atoms with Gasteiger partial charge in [0, 0.05) is 11.5 Å². The number of amides is 1. The molecule has 0 unspecified atom stereocenters.